The third-order valence-corrected chi connectivity index (χ3v) is 4.58. The molecule has 1 N–H and O–H groups in total. The number of amides is 2. The standard InChI is InChI=1S/C21H24N2O3/c1-16-14-22-20(24)11-12-23(16)21(25)13-18-9-5-6-10-19(18)26-15-17-7-3-2-4-8-17/h2-10,16H,11-15H2,1H3,(H,22,24). The Morgan fingerprint density at radius 3 is 2.69 bits per heavy atom. The number of nitrogens with one attached hydrogen (secondary N) is 1. The number of carbonyl (C=O) groups is 2. The predicted molar refractivity (Wildman–Crippen MR) is 99.7 cm³/mol. The van der Waals surface area contributed by atoms with Crippen molar-refractivity contribution in [2.75, 3.05) is 13.1 Å². The minimum atomic E-state index is -0.00801. The third-order valence-electron chi connectivity index (χ3n) is 4.58. The van der Waals surface area contributed by atoms with Gasteiger partial charge >= 0.3 is 0 Å². The van der Waals surface area contributed by atoms with Crippen LogP contribution in [0.4, 0.5) is 0 Å². The minimum Gasteiger partial charge on any atom is -0.489 e. The van der Waals surface area contributed by atoms with Crippen molar-refractivity contribution < 1.29 is 14.3 Å². The number of hydrogen-bond donors (Lipinski definition) is 1. The van der Waals surface area contributed by atoms with Gasteiger partial charge in [0.2, 0.25) is 11.8 Å². The summed E-state index contributed by atoms with van der Waals surface area (Å²) in [4.78, 5) is 26.1. The van der Waals surface area contributed by atoms with E-state index in [-0.39, 0.29) is 24.3 Å². The molecule has 5 heteroatoms. The van der Waals surface area contributed by atoms with Gasteiger partial charge in [-0.3, -0.25) is 9.59 Å². The lowest BCUT2D eigenvalue weighted by Crippen LogP contribution is -2.42. The second-order valence-corrected chi connectivity index (χ2v) is 6.55. The maximum absolute atomic E-state index is 12.8. The van der Waals surface area contributed by atoms with Crippen LogP contribution in [0.25, 0.3) is 0 Å². The van der Waals surface area contributed by atoms with Gasteiger partial charge in [-0.2, -0.15) is 0 Å². The van der Waals surface area contributed by atoms with Gasteiger partial charge in [0.1, 0.15) is 12.4 Å². The topological polar surface area (TPSA) is 58.6 Å². The minimum absolute atomic E-state index is 0.00116. The molecule has 2 amide bonds. The average Bonchev–Trinajstić information content (AvgIpc) is 2.83. The molecule has 0 bridgehead atoms. The molecule has 0 radical (unpaired) electrons. The molecule has 2 aromatic rings. The van der Waals surface area contributed by atoms with E-state index >= 15 is 0 Å². The van der Waals surface area contributed by atoms with Gasteiger partial charge in [0.25, 0.3) is 0 Å². The van der Waals surface area contributed by atoms with Gasteiger partial charge in [-0.1, -0.05) is 48.5 Å². The van der Waals surface area contributed by atoms with Crippen molar-refractivity contribution in [2.45, 2.75) is 32.4 Å². The van der Waals surface area contributed by atoms with Gasteiger partial charge in [-0.25, -0.2) is 0 Å². The molecule has 1 aliphatic rings. The van der Waals surface area contributed by atoms with Crippen molar-refractivity contribution >= 4 is 11.8 Å². The van der Waals surface area contributed by atoms with Gasteiger partial charge in [0, 0.05) is 31.1 Å². The highest BCUT2D eigenvalue weighted by Crippen LogP contribution is 2.21. The molecule has 1 unspecified atom stereocenters. The Kier molecular flexibility index (Phi) is 5.89. The van der Waals surface area contributed by atoms with Gasteiger partial charge in [0.15, 0.2) is 0 Å². The molecule has 0 aliphatic carbocycles. The second kappa shape index (κ2) is 8.52. The quantitative estimate of drug-likeness (QED) is 0.900. The normalized spacial score (nSPS) is 17.3. The van der Waals surface area contributed by atoms with Crippen molar-refractivity contribution in [3.8, 4) is 5.75 Å². The van der Waals surface area contributed by atoms with Crippen LogP contribution in [0.5, 0.6) is 5.75 Å². The van der Waals surface area contributed by atoms with E-state index in [9.17, 15) is 9.59 Å². The summed E-state index contributed by atoms with van der Waals surface area (Å²) < 4.78 is 5.94. The Balaban J connectivity index is 1.67. The van der Waals surface area contributed by atoms with E-state index in [4.69, 9.17) is 4.74 Å². The van der Waals surface area contributed by atoms with E-state index in [2.05, 4.69) is 5.32 Å². The highest BCUT2D eigenvalue weighted by atomic mass is 16.5. The summed E-state index contributed by atoms with van der Waals surface area (Å²) in [6, 6.07) is 17.6. The number of nitrogens with zero attached hydrogens (tertiary/aromatic N) is 1. The first-order valence-electron chi connectivity index (χ1n) is 8.94. The molecule has 5 nitrogen and oxygen atoms in total. The lowest BCUT2D eigenvalue weighted by molar-refractivity contribution is -0.132. The monoisotopic (exact) mass is 352 g/mol. The van der Waals surface area contributed by atoms with Crippen LogP contribution >= 0.6 is 0 Å². The van der Waals surface area contributed by atoms with Crippen LogP contribution in [0.2, 0.25) is 0 Å². The maximum atomic E-state index is 12.8. The molecule has 0 saturated carbocycles. The molecule has 3 rings (SSSR count). The molecule has 0 aromatic heterocycles. The van der Waals surface area contributed by atoms with Crippen LogP contribution in [0.3, 0.4) is 0 Å². The molecule has 26 heavy (non-hydrogen) atoms. The molecule has 1 fully saturated rings. The van der Waals surface area contributed by atoms with E-state index in [1.54, 1.807) is 4.90 Å². The second-order valence-electron chi connectivity index (χ2n) is 6.55. The van der Waals surface area contributed by atoms with Crippen LogP contribution in [-0.4, -0.2) is 35.8 Å². The van der Waals surface area contributed by atoms with Crippen LogP contribution in [0.1, 0.15) is 24.5 Å². The van der Waals surface area contributed by atoms with Gasteiger partial charge < -0.3 is 15.0 Å². The summed E-state index contributed by atoms with van der Waals surface area (Å²) in [5.74, 6) is 0.741. The lowest BCUT2D eigenvalue weighted by Gasteiger charge is -2.27. The highest BCUT2D eigenvalue weighted by Gasteiger charge is 2.25. The molecule has 1 aliphatic heterocycles. The molecule has 2 aromatic carbocycles. The Bertz CT molecular complexity index is 761. The number of ether oxygens (including phenoxy) is 1. The molecule has 1 atom stereocenters. The summed E-state index contributed by atoms with van der Waals surface area (Å²) >= 11 is 0. The van der Waals surface area contributed by atoms with Crippen LogP contribution in [-0.2, 0) is 22.6 Å². The van der Waals surface area contributed by atoms with E-state index < -0.39 is 0 Å². The molecule has 136 valence electrons. The smallest absolute Gasteiger partial charge is 0.227 e. The zero-order chi connectivity index (χ0) is 18.4. The number of benzene rings is 2. The average molecular weight is 352 g/mol. The number of hydrogen-bond acceptors (Lipinski definition) is 3. The lowest BCUT2D eigenvalue weighted by atomic mass is 10.1. The SMILES string of the molecule is CC1CNC(=O)CCN1C(=O)Cc1ccccc1OCc1ccccc1. The van der Waals surface area contributed by atoms with Gasteiger partial charge in [-0.15, -0.1) is 0 Å². The highest BCUT2D eigenvalue weighted by molar-refractivity contribution is 5.82. The van der Waals surface area contributed by atoms with E-state index in [1.807, 2.05) is 61.5 Å². The van der Waals surface area contributed by atoms with Crippen molar-refractivity contribution in [1.29, 1.82) is 0 Å². The fourth-order valence-electron chi connectivity index (χ4n) is 3.06. The Hall–Kier alpha value is -2.82. The predicted octanol–water partition coefficient (Wildman–Crippen LogP) is 2.55. The van der Waals surface area contributed by atoms with E-state index in [0.29, 0.717) is 26.1 Å². The fourth-order valence-corrected chi connectivity index (χ4v) is 3.06. The van der Waals surface area contributed by atoms with E-state index in [0.717, 1.165) is 16.9 Å². The summed E-state index contributed by atoms with van der Waals surface area (Å²) in [6.45, 7) is 3.38. The van der Waals surface area contributed by atoms with Crippen molar-refractivity contribution in [1.82, 2.24) is 10.2 Å². The summed E-state index contributed by atoms with van der Waals surface area (Å²) in [5, 5.41) is 2.84. The largest absolute Gasteiger partial charge is 0.489 e. The Morgan fingerprint density at radius 2 is 1.88 bits per heavy atom. The summed E-state index contributed by atoms with van der Waals surface area (Å²) in [5.41, 5.74) is 1.95. The first-order valence-corrected chi connectivity index (χ1v) is 8.94. The van der Waals surface area contributed by atoms with Crippen LogP contribution < -0.4 is 10.1 Å². The number of para-hydroxylation sites is 1. The first kappa shape index (κ1) is 18.0. The first-order chi connectivity index (χ1) is 12.6. The fraction of sp³-hybridized carbons (Fsp3) is 0.333. The summed E-state index contributed by atoms with van der Waals surface area (Å²) in [7, 11) is 0. The number of carbonyl (C=O) groups excluding carboxylic acids is 2. The molecule has 1 heterocycles. The van der Waals surface area contributed by atoms with Gasteiger partial charge in [-0.05, 0) is 18.6 Å². The van der Waals surface area contributed by atoms with E-state index in [1.165, 1.54) is 0 Å². The molecular weight excluding hydrogens is 328 g/mol. The van der Waals surface area contributed by atoms with Crippen molar-refractivity contribution in [3.63, 3.8) is 0 Å². The molecular formula is C21H24N2O3. The van der Waals surface area contributed by atoms with Crippen molar-refractivity contribution in [3.05, 3.63) is 65.7 Å². The van der Waals surface area contributed by atoms with Crippen LogP contribution in [0.15, 0.2) is 54.6 Å². The Morgan fingerprint density at radius 1 is 1.15 bits per heavy atom. The van der Waals surface area contributed by atoms with Crippen molar-refractivity contribution in [2.24, 2.45) is 0 Å². The maximum Gasteiger partial charge on any atom is 0.227 e. The molecule has 1 saturated heterocycles. The zero-order valence-corrected chi connectivity index (χ0v) is 15.0. The number of rotatable bonds is 5. The summed E-state index contributed by atoms with van der Waals surface area (Å²) in [6.07, 6.45) is 0.617. The Labute approximate surface area is 154 Å². The molecule has 0 spiro atoms. The third kappa shape index (κ3) is 4.63. The van der Waals surface area contributed by atoms with Gasteiger partial charge in [0.05, 0.1) is 6.42 Å². The zero-order valence-electron chi connectivity index (χ0n) is 15.0. The van der Waals surface area contributed by atoms with Crippen LogP contribution in [0, 0.1) is 0 Å².